The van der Waals surface area contributed by atoms with Gasteiger partial charge in [-0.25, -0.2) is 0 Å². The van der Waals surface area contributed by atoms with Crippen LogP contribution in [-0.2, 0) is 11.3 Å². The van der Waals surface area contributed by atoms with Gasteiger partial charge in [0, 0.05) is 26.0 Å². The van der Waals surface area contributed by atoms with E-state index in [2.05, 4.69) is 5.10 Å². The van der Waals surface area contributed by atoms with Crippen molar-refractivity contribution in [1.82, 2.24) is 9.78 Å². The minimum Gasteiger partial charge on any atom is -0.381 e. The number of nitrogens with two attached hydrogens (primary N) is 1. The Balaban J connectivity index is 1.62. The van der Waals surface area contributed by atoms with Crippen molar-refractivity contribution in [2.24, 2.45) is 5.92 Å². The maximum Gasteiger partial charge on any atom is 0.164 e. The Morgan fingerprint density at radius 1 is 1.41 bits per heavy atom. The lowest BCUT2D eigenvalue weighted by molar-refractivity contribution is 0.0630. The summed E-state index contributed by atoms with van der Waals surface area (Å²) in [6.07, 6.45) is 7.91. The summed E-state index contributed by atoms with van der Waals surface area (Å²) < 4.78 is 7.18. The zero-order valence-electron chi connectivity index (χ0n) is 10.1. The number of nitrogens with zero attached hydrogens (tertiary/aromatic N) is 2. The van der Waals surface area contributed by atoms with Gasteiger partial charge in [0.05, 0.1) is 0 Å². The van der Waals surface area contributed by atoms with Gasteiger partial charge >= 0.3 is 0 Å². The van der Waals surface area contributed by atoms with E-state index in [-0.39, 0.29) is 0 Å². The van der Waals surface area contributed by atoms with Gasteiger partial charge in [-0.2, -0.15) is 5.10 Å². The predicted octanol–water partition coefficient (Wildman–Crippen LogP) is 2.72. The molecule has 1 aliphatic heterocycles. The molecule has 1 aliphatic rings. The van der Waals surface area contributed by atoms with Crippen LogP contribution in [0.25, 0.3) is 0 Å². The smallest absolute Gasteiger partial charge is 0.164 e. The molecule has 2 N–H and O–H groups in total. The number of anilines is 1. The van der Waals surface area contributed by atoms with E-state index in [0.717, 1.165) is 32.1 Å². The molecule has 1 saturated heterocycles. The summed E-state index contributed by atoms with van der Waals surface area (Å²) in [6.45, 7) is 2.78. The van der Waals surface area contributed by atoms with E-state index < -0.39 is 0 Å². The molecule has 0 bridgehead atoms. The lowest BCUT2D eigenvalue weighted by Gasteiger charge is -2.21. The van der Waals surface area contributed by atoms with E-state index in [0.29, 0.717) is 10.8 Å². The van der Waals surface area contributed by atoms with Gasteiger partial charge in [0.15, 0.2) is 5.82 Å². The second-order valence-corrected chi connectivity index (χ2v) is 5.08. The fourth-order valence-corrected chi connectivity index (χ4v) is 2.42. The predicted molar refractivity (Wildman–Crippen MR) is 69.0 cm³/mol. The van der Waals surface area contributed by atoms with Gasteiger partial charge < -0.3 is 10.5 Å². The van der Waals surface area contributed by atoms with Crippen LogP contribution in [0.1, 0.15) is 32.1 Å². The van der Waals surface area contributed by atoms with E-state index in [1.807, 2.05) is 4.68 Å². The molecule has 4 nitrogen and oxygen atoms in total. The average molecular weight is 258 g/mol. The highest BCUT2D eigenvalue weighted by Gasteiger charge is 2.12. The Morgan fingerprint density at radius 3 is 2.82 bits per heavy atom. The molecule has 0 spiro atoms. The van der Waals surface area contributed by atoms with E-state index in [9.17, 15) is 0 Å². The summed E-state index contributed by atoms with van der Waals surface area (Å²) in [4.78, 5) is 0. The number of rotatable bonds is 5. The third-order valence-electron chi connectivity index (χ3n) is 3.33. The molecule has 2 heterocycles. The van der Waals surface area contributed by atoms with Crippen LogP contribution in [0.2, 0.25) is 5.02 Å². The van der Waals surface area contributed by atoms with Crippen molar-refractivity contribution in [3.05, 3.63) is 11.2 Å². The number of halogens is 1. The van der Waals surface area contributed by atoms with Crippen LogP contribution in [0.15, 0.2) is 6.20 Å². The molecule has 1 aromatic heterocycles. The van der Waals surface area contributed by atoms with Crippen molar-refractivity contribution in [1.29, 1.82) is 0 Å². The maximum atomic E-state index is 5.84. The topological polar surface area (TPSA) is 53.1 Å². The van der Waals surface area contributed by atoms with Crippen LogP contribution < -0.4 is 5.73 Å². The number of hydrogen-bond donors (Lipinski definition) is 1. The second-order valence-electron chi connectivity index (χ2n) is 4.68. The first kappa shape index (κ1) is 12.7. The Hall–Kier alpha value is -0.740. The molecule has 0 aliphatic carbocycles. The molecule has 0 saturated carbocycles. The number of aromatic nitrogens is 2. The van der Waals surface area contributed by atoms with Crippen LogP contribution in [0.3, 0.4) is 0 Å². The molecular formula is C12H20ClN3O. The SMILES string of the molecule is Nc1nn(CCCCC2CCOCC2)cc1Cl. The molecule has 0 radical (unpaired) electrons. The Morgan fingerprint density at radius 2 is 2.18 bits per heavy atom. The molecular weight excluding hydrogens is 238 g/mol. The standard InChI is InChI=1S/C12H20ClN3O/c13-11-9-16(15-12(11)14)6-2-1-3-10-4-7-17-8-5-10/h9-10H,1-8H2,(H2,14,15). The van der Waals surface area contributed by atoms with E-state index in [4.69, 9.17) is 22.1 Å². The Labute approximate surface area is 107 Å². The summed E-state index contributed by atoms with van der Waals surface area (Å²) in [5.41, 5.74) is 5.58. The molecule has 0 unspecified atom stereocenters. The van der Waals surface area contributed by atoms with Crippen molar-refractivity contribution in [3.63, 3.8) is 0 Å². The molecule has 1 aromatic rings. The molecule has 2 rings (SSSR count). The quantitative estimate of drug-likeness (QED) is 0.826. The summed E-state index contributed by atoms with van der Waals surface area (Å²) in [5, 5.41) is 4.69. The summed E-state index contributed by atoms with van der Waals surface area (Å²) in [6, 6.07) is 0. The fraction of sp³-hybridized carbons (Fsp3) is 0.750. The molecule has 0 atom stereocenters. The van der Waals surface area contributed by atoms with Crippen molar-refractivity contribution in [2.45, 2.75) is 38.6 Å². The lowest BCUT2D eigenvalue weighted by Crippen LogP contribution is -2.15. The number of nitrogen functional groups attached to an aromatic ring is 1. The summed E-state index contributed by atoms with van der Waals surface area (Å²) in [7, 11) is 0. The molecule has 0 amide bonds. The average Bonchev–Trinajstić information content (AvgIpc) is 2.66. The van der Waals surface area contributed by atoms with E-state index in [1.54, 1.807) is 6.20 Å². The first-order chi connectivity index (χ1) is 8.25. The highest BCUT2D eigenvalue weighted by atomic mass is 35.5. The van der Waals surface area contributed by atoms with Crippen molar-refractivity contribution in [2.75, 3.05) is 18.9 Å². The second kappa shape index (κ2) is 6.26. The van der Waals surface area contributed by atoms with Crippen molar-refractivity contribution >= 4 is 17.4 Å². The summed E-state index contributed by atoms with van der Waals surface area (Å²) >= 11 is 5.84. The van der Waals surface area contributed by atoms with Gasteiger partial charge in [-0.05, 0) is 25.2 Å². The molecule has 17 heavy (non-hydrogen) atoms. The van der Waals surface area contributed by atoms with Gasteiger partial charge in [0.25, 0.3) is 0 Å². The van der Waals surface area contributed by atoms with Crippen LogP contribution in [-0.4, -0.2) is 23.0 Å². The van der Waals surface area contributed by atoms with Gasteiger partial charge in [0.2, 0.25) is 0 Å². The van der Waals surface area contributed by atoms with Gasteiger partial charge in [-0.3, -0.25) is 4.68 Å². The normalized spacial score (nSPS) is 17.5. The maximum absolute atomic E-state index is 5.84. The zero-order chi connectivity index (χ0) is 12.1. The first-order valence-electron chi connectivity index (χ1n) is 6.32. The minimum absolute atomic E-state index is 0.427. The Kier molecular flexibility index (Phi) is 4.68. The molecule has 96 valence electrons. The van der Waals surface area contributed by atoms with Crippen molar-refractivity contribution in [3.8, 4) is 0 Å². The number of unbranched alkanes of at least 4 members (excludes halogenated alkanes) is 1. The van der Waals surface area contributed by atoms with Crippen LogP contribution in [0.5, 0.6) is 0 Å². The zero-order valence-corrected chi connectivity index (χ0v) is 10.8. The number of hydrogen-bond acceptors (Lipinski definition) is 3. The minimum atomic E-state index is 0.427. The largest absolute Gasteiger partial charge is 0.381 e. The van der Waals surface area contributed by atoms with E-state index >= 15 is 0 Å². The number of aryl methyl sites for hydroxylation is 1. The van der Waals surface area contributed by atoms with Gasteiger partial charge in [0.1, 0.15) is 5.02 Å². The third kappa shape index (κ3) is 3.89. The van der Waals surface area contributed by atoms with Crippen LogP contribution in [0, 0.1) is 5.92 Å². The highest BCUT2D eigenvalue weighted by Crippen LogP contribution is 2.21. The fourth-order valence-electron chi connectivity index (χ4n) is 2.27. The third-order valence-corrected chi connectivity index (χ3v) is 3.62. The monoisotopic (exact) mass is 257 g/mol. The molecule has 0 aromatic carbocycles. The lowest BCUT2D eigenvalue weighted by atomic mass is 9.94. The summed E-state index contributed by atoms with van der Waals surface area (Å²) in [5.74, 6) is 1.28. The van der Waals surface area contributed by atoms with Gasteiger partial charge in [-0.1, -0.05) is 24.4 Å². The highest BCUT2D eigenvalue weighted by molar-refractivity contribution is 6.32. The van der Waals surface area contributed by atoms with E-state index in [1.165, 1.54) is 25.7 Å². The van der Waals surface area contributed by atoms with Crippen LogP contribution in [0.4, 0.5) is 5.82 Å². The first-order valence-corrected chi connectivity index (χ1v) is 6.69. The molecule has 1 fully saturated rings. The van der Waals surface area contributed by atoms with Crippen molar-refractivity contribution < 1.29 is 4.74 Å². The Bertz CT molecular complexity index is 328. The van der Waals surface area contributed by atoms with Crippen LogP contribution >= 0.6 is 11.6 Å². The van der Waals surface area contributed by atoms with Gasteiger partial charge in [-0.15, -0.1) is 0 Å². The number of ether oxygens (including phenoxy) is 1. The molecule has 5 heteroatoms.